The van der Waals surface area contributed by atoms with Crippen molar-refractivity contribution in [2.45, 2.75) is 126 Å². The van der Waals surface area contributed by atoms with Gasteiger partial charge in [-0.15, -0.1) is 0 Å². The number of hydrogen-bond donors (Lipinski definition) is 0. The van der Waals surface area contributed by atoms with Crippen LogP contribution in [0.15, 0.2) is 76.0 Å². The molecule has 1 unspecified atom stereocenters. The van der Waals surface area contributed by atoms with Gasteiger partial charge in [0.25, 0.3) is 0 Å². The summed E-state index contributed by atoms with van der Waals surface area (Å²) in [7, 11) is 0. The number of unbranched alkanes of at least 4 members (excludes halogenated alkanes) is 1. The minimum absolute atomic E-state index is 0.148. The molecule has 0 spiro atoms. The minimum atomic E-state index is 0.148. The Kier molecular flexibility index (Phi) is 8.38. The van der Waals surface area contributed by atoms with E-state index in [1.807, 2.05) is 0 Å². The van der Waals surface area contributed by atoms with E-state index < -0.39 is 0 Å². The average molecular weight is 619 g/mol. The van der Waals surface area contributed by atoms with Crippen LogP contribution < -0.4 is 10.4 Å². The van der Waals surface area contributed by atoms with Gasteiger partial charge in [-0.3, -0.25) is 0 Å². The molecule has 0 bridgehead atoms. The number of furan rings is 1. The lowest BCUT2D eigenvalue weighted by molar-refractivity contribution is 0.230. The summed E-state index contributed by atoms with van der Waals surface area (Å²) >= 11 is 0. The van der Waals surface area contributed by atoms with Crippen LogP contribution in [0.5, 0.6) is 0 Å². The maximum absolute atomic E-state index is 6.91. The quantitative estimate of drug-likeness (QED) is 0.227. The third-order valence-corrected chi connectivity index (χ3v) is 11.6. The van der Waals surface area contributed by atoms with E-state index in [0.29, 0.717) is 11.3 Å². The highest BCUT2D eigenvalue weighted by molar-refractivity contribution is 6.87. The molecule has 0 fully saturated rings. The maximum Gasteiger partial charge on any atom is 0.243 e. The average Bonchev–Trinajstić information content (AvgIpc) is 3.37. The van der Waals surface area contributed by atoms with Crippen LogP contribution in [0, 0.1) is 16.7 Å². The maximum atomic E-state index is 6.91. The summed E-state index contributed by atoms with van der Waals surface area (Å²) in [5, 5.41) is 1.30. The van der Waals surface area contributed by atoms with Crippen molar-refractivity contribution in [2.75, 3.05) is 18.0 Å². The van der Waals surface area contributed by atoms with Gasteiger partial charge in [0.2, 0.25) is 6.71 Å². The normalized spacial score (nSPS) is 22.5. The monoisotopic (exact) mass is 618 g/mol. The van der Waals surface area contributed by atoms with Gasteiger partial charge in [-0.1, -0.05) is 118 Å². The molecule has 0 amide bonds. The van der Waals surface area contributed by atoms with Gasteiger partial charge in [-0.05, 0) is 89.5 Å². The molecular weight excluding hydrogens is 559 g/mol. The molecule has 1 atom stereocenters. The summed E-state index contributed by atoms with van der Waals surface area (Å²) in [5.74, 6) is 4.16. The molecule has 1 aromatic carbocycles. The van der Waals surface area contributed by atoms with Crippen LogP contribution in [0.1, 0.15) is 126 Å². The first kappa shape index (κ1) is 33.0. The van der Waals surface area contributed by atoms with Gasteiger partial charge in [0.1, 0.15) is 5.58 Å². The molecule has 1 aromatic heterocycles. The van der Waals surface area contributed by atoms with E-state index in [9.17, 15) is 0 Å². The highest BCUT2D eigenvalue weighted by Crippen LogP contribution is 2.48. The predicted molar refractivity (Wildman–Crippen MR) is 200 cm³/mol. The Morgan fingerprint density at radius 3 is 2.35 bits per heavy atom. The number of benzene rings is 1. The summed E-state index contributed by atoms with van der Waals surface area (Å²) in [6, 6.07) is 4.92. The van der Waals surface area contributed by atoms with E-state index >= 15 is 0 Å². The van der Waals surface area contributed by atoms with Gasteiger partial charge in [0.15, 0.2) is 5.88 Å². The molecular formula is C42H59BN2O. The Morgan fingerprint density at radius 1 is 1.02 bits per heavy atom. The number of anilines is 1. The highest BCUT2D eigenvalue weighted by Gasteiger charge is 2.42. The van der Waals surface area contributed by atoms with E-state index in [0.717, 1.165) is 31.0 Å². The predicted octanol–water partition coefficient (Wildman–Crippen LogP) is 10.8. The molecule has 46 heavy (non-hydrogen) atoms. The molecule has 0 radical (unpaired) electrons. The fraction of sp³-hybridized carbons (Fsp3) is 0.571. The van der Waals surface area contributed by atoms with Crippen LogP contribution in [0.2, 0.25) is 0 Å². The molecule has 4 aliphatic rings. The molecule has 2 aromatic rings. The van der Waals surface area contributed by atoms with Gasteiger partial charge in [-0.25, -0.2) is 0 Å². The highest BCUT2D eigenvalue weighted by atomic mass is 16.4. The Labute approximate surface area is 280 Å². The Morgan fingerprint density at radius 2 is 1.72 bits per heavy atom. The standard InChI is InChI=1S/C42H59BN2O/c1-12-13-20-40(6,7)30-15-17-32(18-16-30)45-28-31-27-44(23-14-19-39(3,4)5)38-37(43(31)26-29(45)2)33-24-34-35(25-36(33)46-38)42(10,11)22-21-41(34,8)9/h14-15,17-19,24-26,28,30H,12-13,16,20-23,27H2,1-11H3/b19-14+. The topological polar surface area (TPSA) is 19.6 Å². The zero-order chi connectivity index (χ0) is 33.2. The molecule has 0 saturated heterocycles. The summed E-state index contributed by atoms with van der Waals surface area (Å²) in [5.41, 5.74) is 10.2. The summed E-state index contributed by atoms with van der Waals surface area (Å²) in [4.78, 5) is 4.92. The Hall–Kier alpha value is -2.88. The van der Waals surface area contributed by atoms with Crippen molar-refractivity contribution in [3.8, 4) is 0 Å². The first-order chi connectivity index (χ1) is 21.5. The minimum Gasteiger partial charge on any atom is -0.441 e. The lowest BCUT2D eigenvalue weighted by Gasteiger charge is -2.41. The summed E-state index contributed by atoms with van der Waals surface area (Å²) in [6.07, 6.45) is 21.9. The van der Waals surface area contributed by atoms with Crippen LogP contribution in [-0.2, 0) is 10.8 Å². The zero-order valence-electron chi connectivity index (χ0n) is 30.8. The number of rotatable bonds is 7. The van der Waals surface area contributed by atoms with Gasteiger partial charge < -0.3 is 14.2 Å². The zero-order valence-corrected chi connectivity index (χ0v) is 30.8. The van der Waals surface area contributed by atoms with Gasteiger partial charge in [0, 0.05) is 41.5 Å². The van der Waals surface area contributed by atoms with Crippen molar-refractivity contribution in [3.05, 3.63) is 82.7 Å². The van der Waals surface area contributed by atoms with Crippen molar-refractivity contribution in [1.29, 1.82) is 0 Å². The SMILES string of the molecule is CCCCC(C)(C)C1C=CC(N2C=C3CN(C/C=C/C(C)(C)C)c4oc5cc6c(cc5c4B3C=C2C)C(C)(C)CCC6(C)C)=CC1. The summed E-state index contributed by atoms with van der Waals surface area (Å²) < 4.78 is 6.91. The number of nitrogens with zero attached hydrogens (tertiary/aromatic N) is 2. The molecule has 2 aliphatic heterocycles. The Balaban J connectivity index is 1.40. The van der Waals surface area contributed by atoms with E-state index in [1.54, 1.807) is 0 Å². The number of allylic oxidation sites excluding steroid dienone is 5. The number of hydrogen-bond acceptors (Lipinski definition) is 3. The molecule has 0 N–H and O–H groups in total. The lowest BCUT2D eigenvalue weighted by Crippen LogP contribution is -2.48. The van der Waals surface area contributed by atoms with Gasteiger partial charge in [-0.2, -0.15) is 0 Å². The molecule has 2 aliphatic carbocycles. The van der Waals surface area contributed by atoms with E-state index in [2.05, 4.69) is 141 Å². The van der Waals surface area contributed by atoms with Crippen molar-refractivity contribution in [2.24, 2.45) is 16.7 Å². The van der Waals surface area contributed by atoms with Crippen molar-refractivity contribution < 1.29 is 4.42 Å². The smallest absolute Gasteiger partial charge is 0.243 e. The van der Waals surface area contributed by atoms with E-state index in [4.69, 9.17) is 4.42 Å². The first-order valence-electron chi connectivity index (χ1n) is 18.1. The van der Waals surface area contributed by atoms with Crippen molar-refractivity contribution in [1.82, 2.24) is 4.90 Å². The Bertz CT molecular complexity index is 1650. The van der Waals surface area contributed by atoms with Crippen LogP contribution in [0.3, 0.4) is 0 Å². The largest absolute Gasteiger partial charge is 0.441 e. The lowest BCUT2D eigenvalue weighted by atomic mass is 9.37. The fourth-order valence-electron chi connectivity index (χ4n) is 8.32. The molecule has 4 heteroatoms. The van der Waals surface area contributed by atoms with Crippen LogP contribution >= 0.6 is 0 Å². The van der Waals surface area contributed by atoms with E-state index in [-0.39, 0.29) is 23.0 Å². The third kappa shape index (κ3) is 6.11. The molecule has 246 valence electrons. The summed E-state index contributed by atoms with van der Waals surface area (Å²) in [6.45, 7) is 27.9. The second-order valence-corrected chi connectivity index (χ2v) is 17.9. The molecule has 3 heterocycles. The molecule has 6 rings (SSSR count). The van der Waals surface area contributed by atoms with Crippen LogP contribution in [0.4, 0.5) is 5.88 Å². The van der Waals surface area contributed by atoms with Gasteiger partial charge >= 0.3 is 0 Å². The van der Waals surface area contributed by atoms with Crippen LogP contribution in [-0.4, -0.2) is 24.7 Å². The van der Waals surface area contributed by atoms with Crippen molar-refractivity contribution >= 4 is 29.0 Å². The van der Waals surface area contributed by atoms with Crippen LogP contribution in [0.25, 0.3) is 11.0 Å². The van der Waals surface area contributed by atoms with Gasteiger partial charge in [0.05, 0.1) is 0 Å². The molecule has 3 nitrogen and oxygen atoms in total. The first-order valence-corrected chi connectivity index (χ1v) is 18.1. The number of fused-ring (bicyclic) bond motifs is 6. The third-order valence-electron chi connectivity index (χ3n) is 11.6. The fourth-order valence-corrected chi connectivity index (χ4v) is 8.32. The second kappa shape index (κ2) is 11.7. The molecule has 0 saturated carbocycles. The second-order valence-electron chi connectivity index (χ2n) is 17.9. The van der Waals surface area contributed by atoms with E-state index in [1.165, 1.54) is 70.9 Å². The van der Waals surface area contributed by atoms with Crippen molar-refractivity contribution in [3.63, 3.8) is 0 Å².